The van der Waals surface area contributed by atoms with E-state index in [0.717, 1.165) is 10.7 Å². The van der Waals surface area contributed by atoms with Crippen molar-refractivity contribution in [2.24, 2.45) is 5.92 Å². The molecule has 0 aromatic heterocycles. The Morgan fingerprint density at radius 3 is 1.97 bits per heavy atom. The SMILES string of the molecule is O=C(OC1CCC(C(=O)Oc2c(F)c(F)c(C(=O)O)c(F)c2F)CC1)c1cc(I)cc(I)c1I. The van der Waals surface area contributed by atoms with Gasteiger partial charge in [-0.15, -0.1) is 0 Å². The summed E-state index contributed by atoms with van der Waals surface area (Å²) in [5.74, 6) is -14.9. The van der Waals surface area contributed by atoms with Gasteiger partial charge in [-0.2, -0.15) is 8.78 Å². The number of ether oxygens (including phenoxy) is 2. The summed E-state index contributed by atoms with van der Waals surface area (Å²) in [6.07, 6.45) is 0.294. The molecule has 182 valence electrons. The van der Waals surface area contributed by atoms with Gasteiger partial charge in [0.15, 0.2) is 11.6 Å². The molecule has 0 radical (unpaired) electrons. The standard InChI is InChI=1S/C21H13F4I3O6/c22-13-12(19(29)30)14(23)16(25)18(15(13)24)34-20(31)7-1-3-9(4-2-7)33-21(32)10-5-8(26)6-11(27)17(10)28/h5-7,9H,1-4H2,(H,29,30). The van der Waals surface area contributed by atoms with E-state index >= 15 is 0 Å². The van der Waals surface area contributed by atoms with Gasteiger partial charge in [0.25, 0.3) is 0 Å². The second kappa shape index (κ2) is 11.2. The van der Waals surface area contributed by atoms with Gasteiger partial charge in [-0.25, -0.2) is 18.4 Å². The highest BCUT2D eigenvalue weighted by Gasteiger charge is 2.35. The molecule has 1 fully saturated rings. The van der Waals surface area contributed by atoms with Crippen molar-refractivity contribution in [2.75, 3.05) is 0 Å². The van der Waals surface area contributed by atoms with E-state index in [1.807, 2.05) is 28.7 Å². The summed E-state index contributed by atoms with van der Waals surface area (Å²) in [7, 11) is 0. The van der Waals surface area contributed by atoms with Crippen LogP contribution in [0.25, 0.3) is 0 Å². The molecule has 0 saturated heterocycles. The number of hydrogen-bond donors (Lipinski definition) is 1. The van der Waals surface area contributed by atoms with Gasteiger partial charge in [0.1, 0.15) is 11.7 Å². The fraction of sp³-hybridized carbons (Fsp3) is 0.286. The summed E-state index contributed by atoms with van der Waals surface area (Å²) in [5, 5.41) is 8.72. The van der Waals surface area contributed by atoms with E-state index in [2.05, 4.69) is 49.9 Å². The average Bonchev–Trinajstić information content (AvgIpc) is 2.78. The molecule has 1 saturated carbocycles. The topological polar surface area (TPSA) is 89.9 Å². The summed E-state index contributed by atoms with van der Waals surface area (Å²) in [6.45, 7) is 0. The predicted octanol–water partition coefficient (Wildman–Crippen LogP) is 6.08. The molecule has 0 atom stereocenters. The van der Waals surface area contributed by atoms with Crippen molar-refractivity contribution in [3.8, 4) is 5.75 Å². The monoisotopic (exact) mass is 818 g/mol. The van der Waals surface area contributed by atoms with Crippen molar-refractivity contribution in [3.05, 3.63) is 57.2 Å². The molecule has 0 amide bonds. The molecule has 0 unspecified atom stereocenters. The van der Waals surface area contributed by atoms with E-state index in [4.69, 9.17) is 9.84 Å². The Kier molecular flexibility index (Phi) is 9.02. The Balaban J connectivity index is 1.65. The Morgan fingerprint density at radius 1 is 0.882 bits per heavy atom. The second-order valence-electron chi connectivity index (χ2n) is 7.31. The number of hydrogen-bond acceptors (Lipinski definition) is 5. The molecule has 1 aliphatic carbocycles. The third kappa shape index (κ3) is 5.76. The summed E-state index contributed by atoms with van der Waals surface area (Å²) in [4.78, 5) is 35.8. The number of carboxylic acid groups (broad SMARTS) is 1. The molecule has 1 N–H and O–H groups in total. The number of halogens is 7. The number of aromatic carboxylic acids is 1. The second-order valence-corrected chi connectivity index (χ2v) is 10.8. The van der Waals surface area contributed by atoms with Gasteiger partial charge < -0.3 is 14.6 Å². The quantitative estimate of drug-likeness (QED) is 0.130. The van der Waals surface area contributed by atoms with Crippen molar-refractivity contribution in [2.45, 2.75) is 31.8 Å². The van der Waals surface area contributed by atoms with Crippen molar-refractivity contribution in [3.63, 3.8) is 0 Å². The fourth-order valence-electron chi connectivity index (χ4n) is 3.41. The van der Waals surface area contributed by atoms with Crippen LogP contribution in [-0.2, 0) is 9.53 Å². The van der Waals surface area contributed by atoms with Gasteiger partial charge in [0.2, 0.25) is 17.4 Å². The lowest BCUT2D eigenvalue weighted by Crippen LogP contribution is -2.31. The van der Waals surface area contributed by atoms with Crippen LogP contribution in [-0.4, -0.2) is 29.1 Å². The first-order chi connectivity index (χ1) is 15.9. The first-order valence-corrected chi connectivity index (χ1v) is 12.8. The molecule has 2 aromatic rings. The van der Waals surface area contributed by atoms with Crippen LogP contribution in [0.15, 0.2) is 12.1 Å². The minimum absolute atomic E-state index is 0.138. The van der Waals surface area contributed by atoms with Crippen LogP contribution in [0.3, 0.4) is 0 Å². The zero-order valence-corrected chi connectivity index (χ0v) is 23.2. The van der Waals surface area contributed by atoms with Crippen LogP contribution < -0.4 is 4.74 Å². The highest BCUT2D eigenvalue weighted by molar-refractivity contribution is 14.1. The smallest absolute Gasteiger partial charge is 0.341 e. The van der Waals surface area contributed by atoms with E-state index in [9.17, 15) is 31.9 Å². The largest absolute Gasteiger partial charge is 0.477 e. The van der Waals surface area contributed by atoms with Crippen molar-refractivity contribution in [1.82, 2.24) is 0 Å². The molecule has 0 heterocycles. The lowest BCUT2D eigenvalue weighted by molar-refractivity contribution is -0.141. The van der Waals surface area contributed by atoms with Crippen LogP contribution in [0.5, 0.6) is 5.75 Å². The van der Waals surface area contributed by atoms with Gasteiger partial charge in [-0.3, -0.25) is 4.79 Å². The lowest BCUT2D eigenvalue weighted by atomic mass is 9.87. The first-order valence-electron chi connectivity index (χ1n) is 9.58. The highest BCUT2D eigenvalue weighted by Crippen LogP contribution is 2.33. The molecule has 3 rings (SSSR count). The zero-order valence-electron chi connectivity index (χ0n) is 16.8. The number of benzene rings is 2. The minimum atomic E-state index is -2.21. The summed E-state index contributed by atoms with van der Waals surface area (Å²) < 4.78 is 68.4. The summed E-state index contributed by atoms with van der Waals surface area (Å²) >= 11 is 6.25. The van der Waals surface area contributed by atoms with Crippen molar-refractivity contribution < 1.29 is 46.5 Å². The Bertz CT molecular complexity index is 1150. The molecule has 34 heavy (non-hydrogen) atoms. The molecule has 2 aromatic carbocycles. The van der Waals surface area contributed by atoms with E-state index in [-0.39, 0.29) is 25.7 Å². The molecule has 13 heteroatoms. The molecule has 0 bridgehead atoms. The van der Waals surface area contributed by atoms with Crippen LogP contribution >= 0.6 is 67.8 Å². The third-order valence-electron chi connectivity index (χ3n) is 5.13. The minimum Gasteiger partial charge on any atom is -0.477 e. The van der Waals surface area contributed by atoms with Crippen LogP contribution in [0.2, 0.25) is 0 Å². The van der Waals surface area contributed by atoms with Crippen LogP contribution in [0.1, 0.15) is 46.4 Å². The van der Waals surface area contributed by atoms with Gasteiger partial charge in [-0.1, -0.05) is 0 Å². The Morgan fingerprint density at radius 2 is 1.44 bits per heavy atom. The van der Waals surface area contributed by atoms with Gasteiger partial charge in [0, 0.05) is 10.7 Å². The number of carbonyl (C=O) groups is 3. The third-order valence-corrected chi connectivity index (χ3v) is 8.80. The molecular weight excluding hydrogens is 805 g/mol. The van der Waals surface area contributed by atoms with E-state index in [1.165, 1.54) is 0 Å². The van der Waals surface area contributed by atoms with Gasteiger partial charge >= 0.3 is 17.9 Å². The van der Waals surface area contributed by atoms with Crippen LogP contribution in [0, 0.1) is 39.9 Å². The first kappa shape index (κ1) is 27.3. The molecular formula is C21H13F4I3O6. The molecule has 6 nitrogen and oxygen atoms in total. The van der Waals surface area contributed by atoms with Crippen molar-refractivity contribution in [1.29, 1.82) is 0 Å². The normalized spacial score (nSPS) is 17.9. The Hall–Kier alpha value is -1.24. The molecule has 1 aliphatic rings. The maximum Gasteiger partial charge on any atom is 0.341 e. The van der Waals surface area contributed by atoms with Crippen LogP contribution in [0.4, 0.5) is 17.6 Å². The molecule has 0 aliphatic heterocycles. The van der Waals surface area contributed by atoms with E-state index < -0.39 is 64.5 Å². The maximum absolute atomic E-state index is 14.1. The number of esters is 2. The Labute approximate surface area is 231 Å². The number of carboxylic acids is 1. The summed E-state index contributed by atoms with van der Waals surface area (Å²) in [5.41, 5.74) is -1.41. The number of rotatable bonds is 5. The molecule has 0 spiro atoms. The predicted molar refractivity (Wildman–Crippen MR) is 135 cm³/mol. The van der Waals surface area contributed by atoms with E-state index in [0.29, 0.717) is 5.56 Å². The van der Waals surface area contributed by atoms with Gasteiger partial charge in [0.05, 0.1) is 11.5 Å². The maximum atomic E-state index is 14.1. The van der Waals surface area contributed by atoms with E-state index in [1.54, 1.807) is 6.07 Å². The number of carbonyl (C=O) groups excluding carboxylic acids is 2. The van der Waals surface area contributed by atoms with Gasteiger partial charge in [-0.05, 0) is 106 Å². The van der Waals surface area contributed by atoms with Crippen molar-refractivity contribution >= 4 is 85.7 Å². The highest BCUT2D eigenvalue weighted by atomic mass is 127. The fourth-order valence-corrected chi connectivity index (χ4v) is 5.78. The zero-order chi connectivity index (χ0) is 25.3. The summed E-state index contributed by atoms with van der Waals surface area (Å²) in [6, 6.07) is 3.61. The average molecular weight is 818 g/mol. The lowest BCUT2D eigenvalue weighted by Gasteiger charge is -2.27.